The molecule has 0 aliphatic carbocycles. The van der Waals surface area contributed by atoms with Crippen molar-refractivity contribution in [3.8, 4) is 0 Å². The van der Waals surface area contributed by atoms with Crippen LogP contribution >= 0.6 is 46.0 Å². The number of H-pyrrole nitrogens is 1. The van der Waals surface area contributed by atoms with Crippen molar-refractivity contribution in [2.24, 2.45) is 0 Å². The van der Waals surface area contributed by atoms with Gasteiger partial charge < -0.3 is 4.98 Å². The van der Waals surface area contributed by atoms with Crippen molar-refractivity contribution in [1.29, 1.82) is 0 Å². The Hall–Kier alpha value is 0.250. The van der Waals surface area contributed by atoms with Crippen molar-refractivity contribution in [1.82, 2.24) is 9.97 Å². The molecular formula is C8H10ClIN2OS. The Balaban J connectivity index is 2.98. The van der Waals surface area contributed by atoms with Gasteiger partial charge in [-0.05, 0) is 36.4 Å². The maximum Gasteiger partial charge on any atom is 0.265 e. The fourth-order valence-corrected chi connectivity index (χ4v) is 2.38. The van der Waals surface area contributed by atoms with Gasteiger partial charge in [0.05, 0.1) is 6.33 Å². The minimum atomic E-state index is -0.109. The van der Waals surface area contributed by atoms with Gasteiger partial charge in [0, 0.05) is 10.6 Å². The lowest BCUT2D eigenvalue weighted by Crippen LogP contribution is -2.19. The highest BCUT2D eigenvalue weighted by molar-refractivity contribution is 14.1. The summed E-state index contributed by atoms with van der Waals surface area (Å²) >= 11 is 9.31. The smallest absolute Gasteiger partial charge is 0.265 e. The molecule has 6 heteroatoms. The van der Waals surface area contributed by atoms with E-state index in [-0.39, 0.29) is 10.3 Å². The molecule has 0 saturated heterocycles. The molecule has 1 N–H and O–H groups in total. The van der Waals surface area contributed by atoms with Gasteiger partial charge in [-0.15, -0.1) is 11.6 Å². The summed E-state index contributed by atoms with van der Waals surface area (Å²) in [7, 11) is 0. The molecule has 1 aromatic rings. The summed E-state index contributed by atoms with van der Waals surface area (Å²) in [5.74, 6) is 0.516. The Morgan fingerprint density at radius 2 is 2.36 bits per heavy atom. The summed E-state index contributed by atoms with van der Waals surface area (Å²) in [4.78, 5) is 17.9. The highest BCUT2D eigenvalue weighted by atomic mass is 127. The van der Waals surface area contributed by atoms with Crippen molar-refractivity contribution in [3.05, 3.63) is 20.3 Å². The number of alkyl halides is 1. The Bertz CT molecular complexity index is 380. The molecule has 78 valence electrons. The number of rotatable bonds is 3. The predicted octanol–water partition coefficient (Wildman–Crippen LogP) is 2.48. The molecule has 14 heavy (non-hydrogen) atoms. The molecule has 0 saturated carbocycles. The SMILES string of the molecule is CC(C)(CCl)Sc1nc[nH]c(=O)c1I. The lowest BCUT2D eigenvalue weighted by atomic mass is 10.2. The van der Waals surface area contributed by atoms with E-state index < -0.39 is 0 Å². The monoisotopic (exact) mass is 344 g/mol. The third-order valence-electron chi connectivity index (χ3n) is 1.46. The highest BCUT2D eigenvalue weighted by Crippen LogP contribution is 2.33. The van der Waals surface area contributed by atoms with E-state index in [9.17, 15) is 4.79 Å². The van der Waals surface area contributed by atoms with Crippen LogP contribution in [0.15, 0.2) is 16.1 Å². The molecule has 0 amide bonds. The maximum atomic E-state index is 11.3. The van der Waals surface area contributed by atoms with Crippen LogP contribution in [-0.2, 0) is 0 Å². The van der Waals surface area contributed by atoms with Crippen molar-refractivity contribution in [2.45, 2.75) is 23.6 Å². The average molecular weight is 345 g/mol. The van der Waals surface area contributed by atoms with Crippen molar-refractivity contribution in [3.63, 3.8) is 0 Å². The predicted molar refractivity (Wildman–Crippen MR) is 68.2 cm³/mol. The molecule has 0 radical (unpaired) electrons. The van der Waals surface area contributed by atoms with Gasteiger partial charge in [0.25, 0.3) is 5.56 Å². The van der Waals surface area contributed by atoms with Gasteiger partial charge in [-0.3, -0.25) is 4.79 Å². The van der Waals surface area contributed by atoms with Crippen LogP contribution < -0.4 is 5.56 Å². The molecule has 0 atom stereocenters. The van der Waals surface area contributed by atoms with Crippen LogP contribution in [0, 0.1) is 3.57 Å². The van der Waals surface area contributed by atoms with Gasteiger partial charge in [0.1, 0.15) is 8.60 Å². The van der Waals surface area contributed by atoms with Crippen molar-refractivity contribution >= 4 is 46.0 Å². The average Bonchev–Trinajstić information content (AvgIpc) is 2.13. The van der Waals surface area contributed by atoms with E-state index >= 15 is 0 Å². The van der Waals surface area contributed by atoms with Crippen LogP contribution in [0.2, 0.25) is 0 Å². The van der Waals surface area contributed by atoms with Crippen LogP contribution in [0.5, 0.6) is 0 Å². The number of nitrogens with zero attached hydrogens (tertiary/aromatic N) is 1. The number of aromatic amines is 1. The summed E-state index contributed by atoms with van der Waals surface area (Å²) in [5.41, 5.74) is -0.103. The first-order valence-electron chi connectivity index (χ1n) is 3.94. The van der Waals surface area contributed by atoms with Gasteiger partial charge in [-0.2, -0.15) is 0 Å². The summed E-state index contributed by atoms with van der Waals surface area (Å²) < 4.78 is 0.510. The zero-order valence-electron chi connectivity index (χ0n) is 7.80. The first-order valence-corrected chi connectivity index (χ1v) is 6.37. The van der Waals surface area contributed by atoms with E-state index in [0.29, 0.717) is 9.45 Å². The molecule has 0 aliphatic rings. The Kier molecular flexibility index (Phi) is 4.27. The molecule has 0 aromatic carbocycles. The number of hydrogen-bond acceptors (Lipinski definition) is 3. The number of hydrogen-bond donors (Lipinski definition) is 1. The summed E-state index contributed by atoms with van der Waals surface area (Å²) in [6.45, 7) is 4.03. The van der Waals surface area contributed by atoms with E-state index in [4.69, 9.17) is 11.6 Å². The van der Waals surface area contributed by atoms with Gasteiger partial charge in [0.2, 0.25) is 0 Å². The van der Waals surface area contributed by atoms with E-state index in [1.54, 1.807) is 0 Å². The number of aromatic nitrogens is 2. The third-order valence-corrected chi connectivity index (χ3v) is 4.85. The van der Waals surface area contributed by atoms with Crippen LogP contribution in [-0.4, -0.2) is 20.6 Å². The fourth-order valence-electron chi connectivity index (χ4n) is 0.727. The Morgan fingerprint density at radius 1 is 1.71 bits per heavy atom. The lowest BCUT2D eigenvalue weighted by molar-refractivity contribution is 0.804. The first-order chi connectivity index (χ1) is 6.46. The lowest BCUT2D eigenvalue weighted by Gasteiger charge is -2.19. The largest absolute Gasteiger partial charge is 0.312 e. The molecule has 1 heterocycles. The molecule has 0 aliphatic heterocycles. The fraction of sp³-hybridized carbons (Fsp3) is 0.500. The number of nitrogens with one attached hydrogen (secondary N) is 1. The second kappa shape index (κ2) is 4.85. The molecule has 0 fully saturated rings. The van der Waals surface area contributed by atoms with Crippen molar-refractivity contribution in [2.75, 3.05) is 5.88 Å². The van der Waals surface area contributed by atoms with Gasteiger partial charge in [-0.1, -0.05) is 11.8 Å². The van der Waals surface area contributed by atoms with E-state index in [1.165, 1.54) is 18.1 Å². The molecule has 3 nitrogen and oxygen atoms in total. The second-order valence-electron chi connectivity index (χ2n) is 3.35. The van der Waals surface area contributed by atoms with E-state index in [2.05, 4.69) is 9.97 Å². The minimum Gasteiger partial charge on any atom is -0.312 e. The summed E-state index contributed by atoms with van der Waals surface area (Å²) in [5, 5.41) is 0.736. The Morgan fingerprint density at radius 3 is 2.93 bits per heavy atom. The molecule has 0 spiro atoms. The highest BCUT2D eigenvalue weighted by Gasteiger charge is 2.21. The van der Waals surface area contributed by atoms with Crippen LogP contribution in [0.1, 0.15) is 13.8 Å². The zero-order chi connectivity index (χ0) is 10.8. The zero-order valence-corrected chi connectivity index (χ0v) is 11.5. The molecule has 0 bridgehead atoms. The second-order valence-corrected chi connectivity index (χ2v) is 6.39. The number of halogens is 2. The molecule has 1 rings (SSSR count). The van der Waals surface area contributed by atoms with Crippen LogP contribution in [0.3, 0.4) is 0 Å². The van der Waals surface area contributed by atoms with Crippen molar-refractivity contribution < 1.29 is 0 Å². The van der Waals surface area contributed by atoms with Gasteiger partial charge >= 0.3 is 0 Å². The van der Waals surface area contributed by atoms with Crippen LogP contribution in [0.4, 0.5) is 0 Å². The van der Waals surface area contributed by atoms with Gasteiger partial charge in [0.15, 0.2) is 0 Å². The summed E-state index contributed by atoms with van der Waals surface area (Å²) in [6, 6.07) is 0. The minimum absolute atomic E-state index is 0.103. The molecular weight excluding hydrogens is 335 g/mol. The number of thioether (sulfide) groups is 1. The van der Waals surface area contributed by atoms with Gasteiger partial charge in [-0.25, -0.2) is 4.98 Å². The maximum absolute atomic E-state index is 11.3. The topological polar surface area (TPSA) is 45.8 Å². The standard InChI is InChI=1S/C8H10ClIN2OS/c1-8(2,3-9)14-7-5(10)6(13)11-4-12-7/h4H,3H2,1-2H3,(H,11,12,13). The quantitative estimate of drug-likeness (QED) is 0.397. The molecule has 1 aromatic heterocycles. The van der Waals surface area contributed by atoms with Crippen LogP contribution in [0.25, 0.3) is 0 Å². The normalized spacial score (nSPS) is 11.7. The third kappa shape index (κ3) is 3.13. The van der Waals surface area contributed by atoms with E-state index in [1.807, 2.05) is 36.4 Å². The first kappa shape index (κ1) is 12.3. The van der Waals surface area contributed by atoms with E-state index in [0.717, 1.165) is 5.03 Å². The summed E-state index contributed by atoms with van der Waals surface area (Å²) in [6.07, 6.45) is 1.41. The molecule has 0 unspecified atom stereocenters. The Labute approximate surface area is 105 Å².